The maximum atomic E-state index is 12.4. The molecule has 1 aromatic rings. The molecule has 6 heteroatoms. The number of aryl methyl sites for hydroxylation is 1. The molecule has 0 aromatic heterocycles. The third-order valence-electron chi connectivity index (χ3n) is 5.50. The quantitative estimate of drug-likeness (QED) is 0.685. The SMILES string of the molecule is CC[C@@H](C)NC(=O)[C@@H](C)NC(=O)NCC1(c2ccccc2C)CCOCC1. The molecule has 0 bridgehead atoms. The molecule has 1 heterocycles. The lowest BCUT2D eigenvalue weighted by Gasteiger charge is -2.39. The van der Waals surface area contributed by atoms with Crippen LogP contribution in [0, 0.1) is 6.92 Å². The van der Waals surface area contributed by atoms with Gasteiger partial charge in [-0.2, -0.15) is 0 Å². The molecule has 2 rings (SSSR count). The van der Waals surface area contributed by atoms with Crippen LogP contribution in [-0.4, -0.2) is 43.8 Å². The number of rotatable bonds is 7. The van der Waals surface area contributed by atoms with Gasteiger partial charge in [0.05, 0.1) is 0 Å². The standard InChI is InChI=1S/C21H33N3O3/c1-5-16(3)23-19(25)17(4)24-20(26)22-14-21(10-12-27-13-11-21)18-9-7-6-8-15(18)2/h6-9,16-17H,5,10-14H2,1-4H3,(H,23,25)(H2,22,24,26)/t16-,17-/m1/s1. The van der Waals surface area contributed by atoms with Crippen LogP contribution < -0.4 is 16.0 Å². The minimum Gasteiger partial charge on any atom is -0.381 e. The maximum absolute atomic E-state index is 12.4. The normalized spacial score (nSPS) is 18.2. The summed E-state index contributed by atoms with van der Waals surface area (Å²) < 4.78 is 5.56. The van der Waals surface area contributed by atoms with Crippen molar-refractivity contribution in [3.05, 3.63) is 35.4 Å². The fraction of sp³-hybridized carbons (Fsp3) is 0.619. The second-order valence-corrected chi connectivity index (χ2v) is 7.57. The average molecular weight is 376 g/mol. The molecule has 150 valence electrons. The fourth-order valence-corrected chi connectivity index (χ4v) is 3.50. The Morgan fingerprint density at radius 1 is 1.15 bits per heavy atom. The molecule has 0 spiro atoms. The summed E-state index contributed by atoms with van der Waals surface area (Å²) in [4.78, 5) is 24.5. The predicted octanol–water partition coefficient (Wildman–Crippen LogP) is 2.65. The summed E-state index contributed by atoms with van der Waals surface area (Å²) in [5.74, 6) is -0.167. The van der Waals surface area contributed by atoms with Gasteiger partial charge >= 0.3 is 6.03 Å². The molecule has 0 saturated carbocycles. The predicted molar refractivity (Wildman–Crippen MR) is 107 cm³/mol. The highest BCUT2D eigenvalue weighted by Crippen LogP contribution is 2.36. The maximum Gasteiger partial charge on any atom is 0.315 e. The molecule has 0 radical (unpaired) electrons. The van der Waals surface area contributed by atoms with Gasteiger partial charge in [0.2, 0.25) is 5.91 Å². The van der Waals surface area contributed by atoms with Crippen molar-refractivity contribution in [2.24, 2.45) is 0 Å². The van der Waals surface area contributed by atoms with Crippen LogP contribution >= 0.6 is 0 Å². The zero-order chi connectivity index (χ0) is 19.9. The number of hydrogen-bond donors (Lipinski definition) is 3. The van der Waals surface area contributed by atoms with Gasteiger partial charge < -0.3 is 20.7 Å². The number of urea groups is 1. The third-order valence-corrected chi connectivity index (χ3v) is 5.50. The lowest BCUT2D eigenvalue weighted by Crippen LogP contribution is -2.53. The van der Waals surface area contributed by atoms with Gasteiger partial charge in [-0.05, 0) is 51.2 Å². The molecule has 3 N–H and O–H groups in total. The summed E-state index contributed by atoms with van der Waals surface area (Å²) in [5, 5.41) is 8.61. The molecular weight excluding hydrogens is 342 g/mol. The number of hydrogen-bond acceptors (Lipinski definition) is 3. The Bertz CT molecular complexity index is 641. The van der Waals surface area contributed by atoms with Crippen molar-refractivity contribution in [2.75, 3.05) is 19.8 Å². The Balaban J connectivity index is 1.98. The van der Waals surface area contributed by atoms with E-state index in [0.29, 0.717) is 19.8 Å². The number of carbonyl (C=O) groups excluding carboxylic acids is 2. The highest BCUT2D eigenvalue weighted by molar-refractivity contribution is 5.86. The Kier molecular flexibility index (Phi) is 7.66. The van der Waals surface area contributed by atoms with Crippen LogP contribution in [0.4, 0.5) is 4.79 Å². The van der Waals surface area contributed by atoms with Crippen LogP contribution in [0.2, 0.25) is 0 Å². The van der Waals surface area contributed by atoms with Gasteiger partial charge in [-0.1, -0.05) is 31.2 Å². The van der Waals surface area contributed by atoms with Crippen molar-refractivity contribution in [3.63, 3.8) is 0 Å². The van der Waals surface area contributed by atoms with E-state index >= 15 is 0 Å². The van der Waals surface area contributed by atoms with E-state index in [1.54, 1.807) is 6.92 Å². The number of ether oxygens (including phenoxy) is 1. The van der Waals surface area contributed by atoms with Gasteiger partial charge in [0.1, 0.15) is 6.04 Å². The number of benzene rings is 1. The van der Waals surface area contributed by atoms with Crippen LogP contribution in [0.15, 0.2) is 24.3 Å². The number of carbonyl (C=O) groups is 2. The summed E-state index contributed by atoms with van der Waals surface area (Å²) in [6.07, 6.45) is 2.58. The van der Waals surface area contributed by atoms with E-state index in [2.05, 4.69) is 35.0 Å². The molecule has 1 aromatic carbocycles. The number of amides is 3. The molecule has 2 atom stereocenters. The highest BCUT2D eigenvalue weighted by atomic mass is 16.5. The van der Waals surface area contributed by atoms with Crippen LogP contribution in [0.3, 0.4) is 0 Å². The second kappa shape index (κ2) is 9.74. The van der Waals surface area contributed by atoms with Crippen molar-refractivity contribution in [1.82, 2.24) is 16.0 Å². The van der Waals surface area contributed by atoms with Gasteiger partial charge in [0, 0.05) is 31.2 Å². The fourth-order valence-electron chi connectivity index (χ4n) is 3.50. The summed E-state index contributed by atoms with van der Waals surface area (Å²) in [6, 6.07) is 7.52. The lowest BCUT2D eigenvalue weighted by molar-refractivity contribution is -0.123. The van der Waals surface area contributed by atoms with Gasteiger partial charge in [0.15, 0.2) is 0 Å². The first-order valence-corrected chi connectivity index (χ1v) is 9.86. The monoisotopic (exact) mass is 375 g/mol. The van der Waals surface area contributed by atoms with E-state index < -0.39 is 6.04 Å². The van der Waals surface area contributed by atoms with E-state index in [1.807, 2.05) is 26.0 Å². The van der Waals surface area contributed by atoms with Gasteiger partial charge in [-0.25, -0.2) is 4.79 Å². The molecule has 1 fully saturated rings. The van der Waals surface area contributed by atoms with E-state index in [-0.39, 0.29) is 23.4 Å². The van der Waals surface area contributed by atoms with E-state index in [0.717, 1.165) is 19.3 Å². The summed E-state index contributed by atoms with van der Waals surface area (Å²) in [7, 11) is 0. The summed E-state index contributed by atoms with van der Waals surface area (Å²) >= 11 is 0. The minimum absolute atomic E-state index is 0.0939. The van der Waals surface area contributed by atoms with Crippen molar-refractivity contribution in [3.8, 4) is 0 Å². The van der Waals surface area contributed by atoms with E-state index in [9.17, 15) is 9.59 Å². The van der Waals surface area contributed by atoms with E-state index in [4.69, 9.17) is 4.74 Å². The second-order valence-electron chi connectivity index (χ2n) is 7.57. The van der Waals surface area contributed by atoms with Gasteiger partial charge in [-0.3, -0.25) is 4.79 Å². The minimum atomic E-state index is -0.580. The van der Waals surface area contributed by atoms with Crippen molar-refractivity contribution in [1.29, 1.82) is 0 Å². The highest BCUT2D eigenvalue weighted by Gasteiger charge is 2.36. The van der Waals surface area contributed by atoms with E-state index in [1.165, 1.54) is 11.1 Å². The molecule has 0 unspecified atom stereocenters. The lowest BCUT2D eigenvalue weighted by atomic mass is 9.72. The topological polar surface area (TPSA) is 79.5 Å². The van der Waals surface area contributed by atoms with Crippen LogP contribution in [0.1, 0.15) is 51.2 Å². The molecule has 3 amide bonds. The van der Waals surface area contributed by atoms with Crippen molar-refractivity contribution < 1.29 is 14.3 Å². The van der Waals surface area contributed by atoms with Crippen LogP contribution in [0.5, 0.6) is 0 Å². The smallest absolute Gasteiger partial charge is 0.315 e. The molecule has 1 aliphatic rings. The molecule has 1 saturated heterocycles. The summed E-state index contributed by atoms with van der Waals surface area (Å²) in [6.45, 7) is 9.65. The summed E-state index contributed by atoms with van der Waals surface area (Å²) in [5.41, 5.74) is 2.35. The first kappa shape index (κ1) is 21.2. The zero-order valence-electron chi connectivity index (χ0n) is 16.9. The Labute approximate surface area is 162 Å². The molecule has 27 heavy (non-hydrogen) atoms. The largest absolute Gasteiger partial charge is 0.381 e. The number of nitrogens with one attached hydrogen (secondary N) is 3. The Hall–Kier alpha value is -2.08. The van der Waals surface area contributed by atoms with Crippen molar-refractivity contribution >= 4 is 11.9 Å². The molecule has 1 aliphatic heterocycles. The molecule has 6 nitrogen and oxygen atoms in total. The average Bonchev–Trinajstić information content (AvgIpc) is 2.67. The van der Waals surface area contributed by atoms with Crippen LogP contribution in [0.25, 0.3) is 0 Å². The Morgan fingerprint density at radius 3 is 2.44 bits per heavy atom. The molecule has 0 aliphatic carbocycles. The van der Waals surface area contributed by atoms with Crippen LogP contribution in [-0.2, 0) is 14.9 Å². The zero-order valence-corrected chi connectivity index (χ0v) is 16.9. The Morgan fingerprint density at radius 2 is 1.81 bits per heavy atom. The first-order chi connectivity index (χ1) is 12.9. The van der Waals surface area contributed by atoms with Gasteiger partial charge in [0.25, 0.3) is 0 Å². The van der Waals surface area contributed by atoms with Gasteiger partial charge in [-0.15, -0.1) is 0 Å². The first-order valence-electron chi connectivity index (χ1n) is 9.86. The van der Waals surface area contributed by atoms with Crippen molar-refractivity contribution in [2.45, 2.75) is 64.5 Å². The molecular formula is C21H33N3O3. The third kappa shape index (κ3) is 5.70.